The molecule has 1 aromatic rings. The second-order valence-electron chi connectivity index (χ2n) is 6.96. The van der Waals surface area contributed by atoms with E-state index in [9.17, 15) is 0 Å². The zero-order valence-corrected chi connectivity index (χ0v) is 17.3. The molecule has 8 heteroatoms. The first-order valence-electron chi connectivity index (χ1n) is 8.54. The van der Waals surface area contributed by atoms with Crippen LogP contribution in [0.4, 0.5) is 0 Å². The molecule has 1 aliphatic carbocycles. The van der Waals surface area contributed by atoms with Crippen molar-refractivity contribution in [2.75, 3.05) is 13.7 Å². The molecule has 2 aliphatic rings. The molecule has 0 aromatic carbocycles. The predicted molar refractivity (Wildman–Crippen MR) is 105 cm³/mol. The third-order valence-corrected chi connectivity index (χ3v) is 5.18. The topological polar surface area (TPSA) is 76.4 Å². The summed E-state index contributed by atoms with van der Waals surface area (Å²) in [4.78, 5) is 4.70. The van der Waals surface area contributed by atoms with Gasteiger partial charge in [-0.15, -0.1) is 34.2 Å². The van der Waals surface area contributed by atoms with Gasteiger partial charge in [-0.3, -0.25) is 0 Å². The monoisotopic (exact) mass is 448 g/mol. The zero-order chi connectivity index (χ0) is 16.4. The highest BCUT2D eigenvalue weighted by Crippen LogP contribution is 2.42. The number of aromatic nitrogens is 3. The van der Waals surface area contributed by atoms with Crippen LogP contribution < -0.4 is 10.6 Å². The highest BCUT2D eigenvalue weighted by Gasteiger charge is 2.48. The van der Waals surface area contributed by atoms with Gasteiger partial charge in [-0.2, -0.15) is 0 Å². The Morgan fingerprint density at radius 2 is 2.21 bits per heavy atom. The van der Waals surface area contributed by atoms with Gasteiger partial charge in [-0.05, 0) is 19.8 Å². The predicted octanol–water partition coefficient (Wildman–Crippen LogP) is 1.71. The van der Waals surface area contributed by atoms with Crippen molar-refractivity contribution in [1.82, 2.24) is 25.4 Å². The summed E-state index contributed by atoms with van der Waals surface area (Å²) >= 11 is 0. The maximum absolute atomic E-state index is 5.52. The standard InChI is InChI=1S/C16H28N6O.HI/c1-5-17-15(19-11-9-12(23-4)16(11,2)3)18-10-14-21-20-13-7-6-8-22(13)14;/h11-12H,5-10H2,1-4H3,(H2,17,18,19);1H. The van der Waals surface area contributed by atoms with Crippen LogP contribution in [-0.2, 0) is 24.2 Å². The van der Waals surface area contributed by atoms with Gasteiger partial charge in [0.05, 0.1) is 6.10 Å². The Balaban J connectivity index is 0.00000208. The Labute approximate surface area is 161 Å². The number of halogens is 1. The number of methoxy groups -OCH3 is 1. The van der Waals surface area contributed by atoms with Crippen LogP contribution in [0.25, 0.3) is 0 Å². The lowest BCUT2D eigenvalue weighted by molar-refractivity contribution is -0.0922. The van der Waals surface area contributed by atoms with Crippen LogP contribution in [0, 0.1) is 5.41 Å². The van der Waals surface area contributed by atoms with Crippen molar-refractivity contribution in [3.05, 3.63) is 11.6 Å². The van der Waals surface area contributed by atoms with Gasteiger partial charge in [0.2, 0.25) is 0 Å². The van der Waals surface area contributed by atoms with Crippen LogP contribution in [0.3, 0.4) is 0 Å². The number of hydrogen-bond acceptors (Lipinski definition) is 4. The molecule has 0 amide bonds. The number of nitrogens with zero attached hydrogens (tertiary/aromatic N) is 4. The molecule has 0 bridgehead atoms. The summed E-state index contributed by atoms with van der Waals surface area (Å²) < 4.78 is 7.72. The fourth-order valence-electron chi connectivity index (χ4n) is 3.49. The number of ether oxygens (including phenoxy) is 1. The molecule has 136 valence electrons. The van der Waals surface area contributed by atoms with Crippen LogP contribution in [-0.4, -0.2) is 46.5 Å². The molecule has 0 radical (unpaired) electrons. The van der Waals surface area contributed by atoms with E-state index >= 15 is 0 Å². The Hall–Kier alpha value is -0.900. The van der Waals surface area contributed by atoms with Gasteiger partial charge in [-0.25, -0.2) is 4.99 Å². The van der Waals surface area contributed by atoms with Crippen molar-refractivity contribution in [2.45, 2.75) is 65.3 Å². The zero-order valence-electron chi connectivity index (χ0n) is 15.0. The normalized spacial score (nSPS) is 24.8. The minimum absolute atomic E-state index is 0. The minimum Gasteiger partial charge on any atom is -0.381 e. The van der Waals surface area contributed by atoms with Gasteiger partial charge in [0, 0.05) is 38.1 Å². The largest absolute Gasteiger partial charge is 0.381 e. The SMILES string of the molecule is CCNC(=NCc1nnc2n1CCC2)NC1CC(OC)C1(C)C.I. The van der Waals surface area contributed by atoms with E-state index in [1.807, 2.05) is 0 Å². The Morgan fingerprint density at radius 1 is 1.42 bits per heavy atom. The van der Waals surface area contributed by atoms with E-state index in [4.69, 9.17) is 9.73 Å². The lowest BCUT2D eigenvalue weighted by Crippen LogP contribution is -2.63. The first-order chi connectivity index (χ1) is 11.1. The molecule has 2 heterocycles. The Bertz CT molecular complexity index is 585. The van der Waals surface area contributed by atoms with E-state index in [2.05, 4.69) is 46.2 Å². The smallest absolute Gasteiger partial charge is 0.191 e. The van der Waals surface area contributed by atoms with E-state index in [1.54, 1.807) is 7.11 Å². The van der Waals surface area contributed by atoms with Gasteiger partial charge in [0.25, 0.3) is 0 Å². The maximum Gasteiger partial charge on any atom is 0.191 e. The van der Waals surface area contributed by atoms with Gasteiger partial charge < -0.3 is 19.9 Å². The van der Waals surface area contributed by atoms with Crippen molar-refractivity contribution in [3.63, 3.8) is 0 Å². The molecule has 1 fully saturated rings. The number of fused-ring (bicyclic) bond motifs is 1. The lowest BCUT2D eigenvalue weighted by atomic mass is 9.64. The van der Waals surface area contributed by atoms with Gasteiger partial charge >= 0.3 is 0 Å². The highest BCUT2D eigenvalue weighted by atomic mass is 127. The lowest BCUT2D eigenvalue weighted by Gasteiger charge is -2.51. The number of aryl methyl sites for hydroxylation is 1. The van der Waals surface area contributed by atoms with Gasteiger partial charge in [0.15, 0.2) is 11.8 Å². The molecule has 3 rings (SSSR count). The quantitative estimate of drug-likeness (QED) is 0.408. The van der Waals surface area contributed by atoms with Crippen molar-refractivity contribution in [3.8, 4) is 0 Å². The Kier molecular flexibility index (Phi) is 6.46. The fourth-order valence-corrected chi connectivity index (χ4v) is 3.49. The van der Waals surface area contributed by atoms with Gasteiger partial charge in [-0.1, -0.05) is 13.8 Å². The third kappa shape index (κ3) is 3.68. The molecule has 24 heavy (non-hydrogen) atoms. The van der Waals surface area contributed by atoms with Crippen molar-refractivity contribution in [1.29, 1.82) is 0 Å². The average molecular weight is 448 g/mol. The average Bonchev–Trinajstić information content (AvgIpc) is 3.12. The van der Waals surface area contributed by atoms with Crippen molar-refractivity contribution < 1.29 is 4.74 Å². The van der Waals surface area contributed by atoms with Gasteiger partial charge in [0.1, 0.15) is 12.4 Å². The number of guanidine groups is 1. The summed E-state index contributed by atoms with van der Waals surface area (Å²) in [6.45, 7) is 8.96. The highest BCUT2D eigenvalue weighted by molar-refractivity contribution is 14.0. The molecule has 1 aliphatic heterocycles. The molecule has 0 saturated heterocycles. The second kappa shape index (κ2) is 7.99. The fraction of sp³-hybridized carbons (Fsp3) is 0.812. The summed E-state index contributed by atoms with van der Waals surface area (Å²) in [7, 11) is 1.79. The van der Waals surface area contributed by atoms with Crippen LogP contribution in [0.15, 0.2) is 4.99 Å². The van der Waals surface area contributed by atoms with Crippen molar-refractivity contribution >= 4 is 29.9 Å². The summed E-state index contributed by atoms with van der Waals surface area (Å²) in [5, 5.41) is 15.4. The molecule has 7 nitrogen and oxygen atoms in total. The molecule has 1 aromatic heterocycles. The van der Waals surface area contributed by atoms with E-state index < -0.39 is 0 Å². The first kappa shape index (κ1) is 19.4. The summed E-state index contributed by atoms with van der Waals surface area (Å²) in [5.74, 6) is 2.89. The number of hydrogen-bond donors (Lipinski definition) is 2. The van der Waals surface area contributed by atoms with Crippen LogP contribution in [0.2, 0.25) is 0 Å². The van der Waals surface area contributed by atoms with Crippen LogP contribution in [0.5, 0.6) is 0 Å². The van der Waals surface area contributed by atoms with Crippen LogP contribution >= 0.6 is 24.0 Å². The third-order valence-electron chi connectivity index (χ3n) is 5.18. The molecular formula is C16H29IN6O. The minimum atomic E-state index is 0. The van der Waals surface area contributed by atoms with Crippen LogP contribution in [0.1, 0.15) is 45.3 Å². The number of aliphatic imine (C=N–C) groups is 1. The number of nitrogens with one attached hydrogen (secondary N) is 2. The van der Waals surface area contributed by atoms with E-state index in [0.29, 0.717) is 18.7 Å². The number of rotatable bonds is 5. The molecule has 1 saturated carbocycles. The first-order valence-corrected chi connectivity index (χ1v) is 8.54. The molecule has 2 unspecified atom stereocenters. The molecule has 0 spiro atoms. The van der Waals surface area contributed by atoms with E-state index in [-0.39, 0.29) is 29.4 Å². The summed E-state index contributed by atoms with van der Waals surface area (Å²) in [6, 6.07) is 0.370. The molecule has 2 atom stereocenters. The maximum atomic E-state index is 5.52. The van der Waals surface area contributed by atoms with E-state index in [1.165, 1.54) is 0 Å². The summed E-state index contributed by atoms with van der Waals surface area (Å²) in [6.07, 6.45) is 3.51. The summed E-state index contributed by atoms with van der Waals surface area (Å²) in [5.41, 5.74) is 0.112. The molecule has 2 N–H and O–H groups in total. The molecular weight excluding hydrogens is 419 g/mol. The van der Waals surface area contributed by atoms with Crippen molar-refractivity contribution in [2.24, 2.45) is 10.4 Å². The Morgan fingerprint density at radius 3 is 2.88 bits per heavy atom. The van der Waals surface area contributed by atoms with E-state index in [0.717, 1.165) is 50.0 Å². The second-order valence-corrected chi connectivity index (χ2v) is 6.96.